The molecule has 3 heteroatoms. The van der Waals surface area contributed by atoms with E-state index in [-0.39, 0.29) is 0 Å². The molecule has 0 fully saturated rings. The molecule has 0 saturated carbocycles. The van der Waals surface area contributed by atoms with Gasteiger partial charge in [0.2, 0.25) is 0 Å². The molecule has 0 rings (SSSR count). The zero-order valence-corrected chi connectivity index (χ0v) is 24.8. The summed E-state index contributed by atoms with van der Waals surface area (Å²) in [6.07, 6.45) is 15.6. The predicted octanol–water partition coefficient (Wildman–Crippen LogP) is 9.09. The van der Waals surface area contributed by atoms with Crippen LogP contribution in [0.1, 0.15) is 86.0 Å². The van der Waals surface area contributed by atoms with E-state index < -0.39 is 26.5 Å². The van der Waals surface area contributed by atoms with E-state index in [1.165, 1.54) is 51.0 Å². The van der Waals surface area contributed by atoms with Crippen LogP contribution in [0, 0.1) is 5.92 Å². The summed E-state index contributed by atoms with van der Waals surface area (Å²) < 4.78 is 12.1. The Kier molecular flexibility index (Phi) is 16.8. The van der Waals surface area contributed by atoms with Crippen LogP contribution < -0.4 is 0 Å². The van der Waals surface area contributed by atoms with Gasteiger partial charge >= 0.3 is 185 Å². The summed E-state index contributed by atoms with van der Waals surface area (Å²) in [6, 6.07) is 1.30. The maximum absolute atomic E-state index is 6.80. The van der Waals surface area contributed by atoms with Gasteiger partial charge in [-0.15, -0.1) is 0 Å². The first-order valence-electron chi connectivity index (χ1n) is 12.5. The van der Waals surface area contributed by atoms with Gasteiger partial charge in [0.15, 0.2) is 0 Å². The number of ether oxygens (including phenoxy) is 1. The van der Waals surface area contributed by atoms with Gasteiger partial charge in [-0.05, 0) is 0 Å². The predicted molar refractivity (Wildman–Crippen MR) is 136 cm³/mol. The second-order valence-electron chi connectivity index (χ2n) is 10.7. The zero-order valence-electron chi connectivity index (χ0n) is 20.9. The minimum absolute atomic E-state index is 0.643. The average molecular weight is 518 g/mol. The fourth-order valence-corrected chi connectivity index (χ4v) is 23.1. The van der Waals surface area contributed by atoms with E-state index in [1.54, 1.807) is 13.3 Å². The van der Waals surface area contributed by atoms with Gasteiger partial charge in [0.1, 0.15) is 0 Å². The van der Waals surface area contributed by atoms with Crippen LogP contribution >= 0.6 is 0 Å². The van der Waals surface area contributed by atoms with Crippen molar-refractivity contribution < 1.29 is 4.74 Å². The molecule has 0 aromatic carbocycles. The second-order valence-corrected chi connectivity index (χ2v) is 30.1. The molecule has 0 saturated heterocycles. The molecule has 28 heavy (non-hydrogen) atoms. The van der Waals surface area contributed by atoms with E-state index in [1.807, 2.05) is 0 Å². The van der Waals surface area contributed by atoms with Crippen LogP contribution in [0.2, 0.25) is 39.0 Å². The van der Waals surface area contributed by atoms with Crippen molar-refractivity contribution in [3.8, 4) is 0 Å². The van der Waals surface area contributed by atoms with Gasteiger partial charge in [-0.1, -0.05) is 0 Å². The second kappa shape index (κ2) is 16.4. The Labute approximate surface area is 184 Å². The van der Waals surface area contributed by atoms with Crippen LogP contribution in [0.5, 0.6) is 0 Å². The standard InChI is InChI=1S/C13H27OSi.3C4H9.Sn/c1-13(2)9-11-14-10-7-6-8-12-15(3,4)5;3*1-3-4-2;/h6,8,11,13H,7,9-10,12H2,1-5H3;3*1,3-4H2,2H3;/b8-6+;;;;. The first-order valence-corrected chi connectivity index (χ1v) is 23.9. The monoisotopic (exact) mass is 518 g/mol. The SMILES string of the molecule is CCC[CH2][Sn]([CH2]CCC)([CH2]CCC)[CH](CC(C)C)OCC/C=C/C[Si](C)(C)C. The van der Waals surface area contributed by atoms with E-state index >= 15 is 0 Å². The molecule has 0 aliphatic rings. The molecule has 1 atom stereocenters. The van der Waals surface area contributed by atoms with Crippen LogP contribution in [0.4, 0.5) is 0 Å². The topological polar surface area (TPSA) is 9.23 Å². The van der Waals surface area contributed by atoms with Crippen LogP contribution in [0.3, 0.4) is 0 Å². The van der Waals surface area contributed by atoms with Crippen molar-refractivity contribution in [2.24, 2.45) is 5.92 Å². The number of unbranched alkanes of at least 4 members (excludes halogenated alkanes) is 3. The summed E-state index contributed by atoms with van der Waals surface area (Å²) in [5, 5.41) is 0. The molecule has 0 aliphatic carbocycles. The normalized spacial score (nSPS) is 14.3. The van der Waals surface area contributed by atoms with Crippen LogP contribution in [0.15, 0.2) is 12.2 Å². The molecular formula is C25H54OSiSn. The molecule has 0 aromatic rings. The number of hydrogen-bond donors (Lipinski definition) is 0. The third-order valence-electron chi connectivity index (χ3n) is 5.95. The van der Waals surface area contributed by atoms with E-state index in [9.17, 15) is 0 Å². The Morgan fingerprint density at radius 1 is 0.821 bits per heavy atom. The first kappa shape index (κ1) is 28.7. The Hall–Kier alpha value is 0.716. The van der Waals surface area contributed by atoms with Crippen LogP contribution in [-0.4, -0.2) is 37.2 Å². The Bertz CT molecular complexity index is 365. The van der Waals surface area contributed by atoms with Gasteiger partial charge in [0, 0.05) is 0 Å². The van der Waals surface area contributed by atoms with Crippen molar-refractivity contribution in [3.05, 3.63) is 12.2 Å². The summed E-state index contributed by atoms with van der Waals surface area (Å²) in [4.78, 5) is 0. The molecule has 0 aliphatic heterocycles. The molecule has 1 unspecified atom stereocenters. The van der Waals surface area contributed by atoms with Crippen molar-refractivity contribution in [1.82, 2.24) is 0 Å². The van der Waals surface area contributed by atoms with E-state index in [4.69, 9.17) is 4.74 Å². The van der Waals surface area contributed by atoms with E-state index in [2.05, 4.69) is 66.4 Å². The summed E-state index contributed by atoms with van der Waals surface area (Å²) in [6.45, 7) is 20.2. The quantitative estimate of drug-likeness (QED) is 0.100. The number of rotatable bonds is 18. The van der Waals surface area contributed by atoms with Gasteiger partial charge in [-0.2, -0.15) is 0 Å². The third kappa shape index (κ3) is 13.8. The van der Waals surface area contributed by atoms with Gasteiger partial charge in [-0.25, -0.2) is 0 Å². The number of hydrogen-bond acceptors (Lipinski definition) is 1. The summed E-state index contributed by atoms with van der Waals surface area (Å²) in [5.74, 6) is 0.758. The molecule has 0 amide bonds. The molecule has 1 nitrogen and oxygen atoms in total. The van der Waals surface area contributed by atoms with Crippen LogP contribution in [0.25, 0.3) is 0 Å². The van der Waals surface area contributed by atoms with Gasteiger partial charge in [-0.3, -0.25) is 0 Å². The van der Waals surface area contributed by atoms with Crippen LogP contribution in [-0.2, 0) is 4.74 Å². The van der Waals surface area contributed by atoms with Crippen molar-refractivity contribution >= 4 is 26.5 Å². The Morgan fingerprint density at radius 3 is 1.71 bits per heavy atom. The summed E-state index contributed by atoms with van der Waals surface area (Å²) in [7, 11) is -0.953. The molecule has 168 valence electrons. The summed E-state index contributed by atoms with van der Waals surface area (Å²) >= 11 is -2.30. The van der Waals surface area contributed by atoms with Crippen molar-refractivity contribution in [2.45, 2.75) is 129 Å². The summed E-state index contributed by atoms with van der Waals surface area (Å²) in [5.41, 5.74) is 0. The number of allylic oxidation sites excluding steroid dienone is 1. The molecule has 0 aromatic heterocycles. The molecule has 0 heterocycles. The third-order valence-corrected chi connectivity index (χ3v) is 24.0. The fourth-order valence-electron chi connectivity index (χ4n) is 4.20. The minimum atomic E-state index is -2.30. The van der Waals surface area contributed by atoms with Crippen molar-refractivity contribution in [2.75, 3.05) is 6.61 Å². The van der Waals surface area contributed by atoms with E-state index in [0.29, 0.717) is 4.12 Å². The van der Waals surface area contributed by atoms with E-state index in [0.717, 1.165) is 18.9 Å². The zero-order chi connectivity index (χ0) is 21.5. The molecule has 0 N–H and O–H groups in total. The maximum atomic E-state index is 6.80. The van der Waals surface area contributed by atoms with Gasteiger partial charge in [0.05, 0.1) is 0 Å². The van der Waals surface area contributed by atoms with Crippen molar-refractivity contribution in [3.63, 3.8) is 0 Å². The van der Waals surface area contributed by atoms with Gasteiger partial charge < -0.3 is 0 Å². The molecular weight excluding hydrogens is 463 g/mol. The average Bonchev–Trinajstić information content (AvgIpc) is 2.62. The Balaban J connectivity index is 5.15. The molecule has 0 radical (unpaired) electrons. The first-order chi connectivity index (χ1) is 13.2. The molecule has 0 spiro atoms. The molecule has 0 bridgehead atoms. The van der Waals surface area contributed by atoms with Crippen molar-refractivity contribution in [1.29, 1.82) is 0 Å². The fraction of sp³-hybridized carbons (Fsp3) is 0.920. The van der Waals surface area contributed by atoms with Gasteiger partial charge in [0.25, 0.3) is 0 Å². The Morgan fingerprint density at radius 2 is 1.32 bits per heavy atom.